The highest BCUT2D eigenvalue weighted by Crippen LogP contribution is 2.12. The van der Waals surface area contributed by atoms with Gasteiger partial charge in [-0.2, -0.15) is 0 Å². The molecule has 1 N–H and O–H groups in total. The number of rotatable bonds is 7. The molecule has 1 saturated heterocycles. The number of carbonyl (C=O) groups excluding carboxylic acids is 2. The molecule has 0 spiro atoms. The molecule has 7 heteroatoms. The first-order valence-corrected chi connectivity index (χ1v) is 9.97. The fourth-order valence-corrected chi connectivity index (χ4v) is 3.42. The van der Waals surface area contributed by atoms with Gasteiger partial charge in [0.15, 0.2) is 0 Å². The minimum atomic E-state index is -0.437. The predicted octanol–water partition coefficient (Wildman–Crippen LogP) is 1.51. The molecule has 1 fully saturated rings. The molecule has 29 heavy (non-hydrogen) atoms. The molecule has 154 valence electrons. The van der Waals surface area contributed by atoms with E-state index >= 15 is 0 Å². The maximum Gasteiger partial charge on any atom is 0.263 e. The minimum absolute atomic E-state index is 0.0296. The molecule has 1 aliphatic heterocycles. The number of hydrogen-bond acceptors (Lipinski definition) is 4. The van der Waals surface area contributed by atoms with Crippen LogP contribution in [0.2, 0.25) is 0 Å². The number of aromatic nitrogens is 1. The molecule has 0 saturated carbocycles. The van der Waals surface area contributed by atoms with E-state index in [1.54, 1.807) is 17.2 Å². The van der Waals surface area contributed by atoms with Gasteiger partial charge in [-0.15, -0.1) is 0 Å². The number of carbonyl (C=O) groups is 2. The second kappa shape index (κ2) is 9.41. The zero-order chi connectivity index (χ0) is 20.8. The molecule has 2 aromatic rings. The van der Waals surface area contributed by atoms with Gasteiger partial charge in [0.05, 0.1) is 0 Å². The zero-order valence-electron chi connectivity index (χ0n) is 17.1. The van der Waals surface area contributed by atoms with E-state index in [2.05, 4.69) is 5.32 Å². The Balaban J connectivity index is 1.57. The standard InChI is InChI=1S/C22H28N4O3/c1-24(2)18-9-7-17(8-10-18)11-12-23-21(28)19-6-5-15-26(22(19)29)16-20(27)25-13-3-4-14-25/h5-10,15H,3-4,11-14,16H2,1-2H3,(H,23,28). The fourth-order valence-electron chi connectivity index (χ4n) is 3.42. The molecule has 0 aliphatic carbocycles. The van der Waals surface area contributed by atoms with Gasteiger partial charge in [-0.1, -0.05) is 12.1 Å². The highest BCUT2D eigenvalue weighted by molar-refractivity contribution is 5.93. The van der Waals surface area contributed by atoms with E-state index in [4.69, 9.17) is 0 Å². The van der Waals surface area contributed by atoms with Crippen LogP contribution in [0.1, 0.15) is 28.8 Å². The second-order valence-electron chi connectivity index (χ2n) is 7.51. The van der Waals surface area contributed by atoms with Crippen LogP contribution in [0.3, 0.4) is 0 Å². The third kappa shape index (κ3) is 5.25. The number of pyridine rings is 1. The molecule has 1 aromatic heterocycles. The van der Waals surface area contributed by atoms with E-state index in [1.165, 1.54) is 10.6 Å². The summed E-state index contributed by atoms with van der Waals surface area (Å²) in [6.07, 6.45) is 4.23. The topological polar surface area (TPSA) is 74.7 Å². The van der Waals surface area contributed by atoms with Gasteiger partial charge in [-0.3, -0.25) is 14.4 Å². The fraction of sp³-hybridized carbons (Fsp3) is 0.409. The molecular formula is C22H28N4O3. The average molecular weight is 396 g/mol. The van der Waals surface area contributed by atoms with Crippen LogP contribution >= 0.6 is 0 Å². The molecule has 1 aromatic carbocycles. The normalized spacial score (nSPS) is 13.4. The predicted molar refractivity (Wildman–Crippen MR) is 113 cm³/mol. The van der Waals surface area contributed by atoms with Gasteiger partial charge in [0.25, 0.3) is 11.5 Å². The molecule has 0 bridgehead atoms. The van der Waals surface area contributed by atoms with Crippen molar-refractivity contribution in [2.75, 3.05) is 38.6 Å². The lowest BCUT2D eigenvalue weighted by Gasteiger charge is -2.16. The van der Waals surface area contributed by atoms with E-state index in [-0.39, 0.29) is 18.0 Å². The van der Waals surface area contributed by atoms with Gasteiger partial charge in [0.2, 0.25) is 5.91 Å². The summed E-state index contributed by atoms with van der Waals surface area (Å²) in [5.41, 5.74) is 1.85. The largest absolute Gasteiger partial charge is 0.378 e. The van der Waals surface area contributed by atoms with E-state index in [9.17, 15) is 14.4 Å². The first-order valence-electron chi connectivity index (χ1n) is 9.97. The third-order valence-electron chi connectivity index (χ3n) is 5.18. The van der Waals surface area contributed by atoms with Crippen molar-refractivity contribution in [1.82, 2.24) is 14.8 Å². The summed E-state index contributed by atoms with van der Waals surface area (Å²) in [6, 6.07) is 11.3. The Bertz CT molecular complexity index is 912. The summed E-state index contributed by atoms with van der Waals surface area (Å²) in [7, 11) is 3.97. The Morgan fingerprint density at radius 1 is 1.07 bits per heavy atom. The summed E-state index contributed by atoms with van der Waals surface area (Å²) < 4.78 is 1.32. The first kappa shape index (κ1) is 20.6. The Morgan fingerprint density at radius 2 is 1.76 bits per heavy atom. The van der Waals surface area contributed by atoms with Crippen LogP contribution in [0.15, 0.2) is 47.4 Å². The molecule has 2 amide bonds. The van der Waals surface area contributed by atoms with E-state index in [0.29, 0.717) is 13.0 Å². The van der Waals surface area contributed by atoms with Crippen molar-refractivity contribution in [2.45, 2.75) is 25.8 Å². The number of amides is 2. The smallest absolute Gasteiger partial charge is 0.263 e. The van der Waals surface area contributed by atoms with Crippen LogP contribution in [0.5, 0.6) is 0 Å². The monoisotopic (exact) mass is 396 g/mol. The van der Waals surface area contributed by atoms with E-state index in [1.807, 2.05) is 43.3 Å². The van der Waals surface area contributed by atoms with Crippen LogP contribution in [0.4, 0.5) is 5.69 Å². The van der Waals surface area contributed by atoms with Crippen molar-refractivity contribution in [3.05, 3.63) is 64.1 Å². The lowest BCUT2D eigenvalue weighted by Crippen LogP contribution is -2.37. The van der Waals surface area contributed by atoms with Gasteiger partial charge < -0.3 is 19.7 Å². The van der Waals surface area contributed by atoms with Crippen LogP contribution in [-0.4, -0.2) is 55.0 Å². The summed E-state index contributed by atoms with van der Waals surface area (Å²) in [6.45, 7) is 1.88. The Labute approximate surface area is 170 Å². The average Bonchev–Trinajstić information content (AvgIpc) is 3.25. The number of anilines is 1. The number of benzene rings is 1. The lowest BCUT2D eigenvalue weighted by atomic mass is 10.1. The molecule has 7 nitrogen and oxygen atoms in total. The number of nitrogens with one attached hydrogen (secondary N) is 1. The van der Waals surface area contributed by atoms with Gasteiger partial charge in [0, 0.05) is 45.6 Å². The minimum Gasteiger partial charge on any atom is -0.378 e. The molecule has 0 radical (unpaired) electrons. The van der Waals surface area contributed by atoms with Crippen LogP contribution in [0, 0.1) is 0 Å². The molecule has 0 atom stereocenters. The van der Waals surface area contributed by atoms with Gasteiger partial charge in [-0.05, 0) is 49.1 Å². The van der Waals surface area contributed by atoms with Crippen molar-refractivity contribution >= 4 is 17.5 Å². The van der Waals surface area contributed by atoms with Crippen molar-refractivity contribution < 1.29 is 9.59 Å². The van der Waals surface area contributed by atoms with Crippen molar-refractivity contribution in [3.8, 4) is 0 Å². The lowest BCUT2D eigenvalue weighted by molar-refractivity contribution is -0.130. The summed E-state index contributed by atoms with van der Waals surface area (Å²) in [5, 5.41) is 2.80. The molecule has 0 unspecified atom stereocenters. The molecule has 3 rings (SSSR count). The van der Waals surface area contributed by atoms with E-state index < -0.39 is 11.5 Å². The number of nitrogens with zero attached hydrogens (tertiary/aromatic N) is 3. The highest BCUT2D eigenvalue weighted by atomic mass is 16.2. The SMILES string of the molecule is CN(C)c1ccc(CCNC(=O)c2cccn(CC(=O)N3CCCC3)c2=O)cc1. The Hall–Kier alpha value is -3.09. The van der Waals surface area contributed by atoms with Gasteiger partial charge in [-0.25, -0.2) is 0 Å². The van der Waals surface area contributed by atoms with Crippen molar-refractivity contribution in [1.29, 1.82) is 0 Å². The van der Waals surface area contributed by atoms with Crippen molar-refractivity contribution in [2.24, 2.45) is 0 Å². The summed E-state index contributed by atoms with van der Waals surface area (Å²) in [5.74, 6) is -0.494. The highest BCUT2D eigenvalue weighted by Gasteiger charge is 2.19. The second-order valence-corrected chi connectivity index (χ2v) is 7.51. The van der Waals surface area contributed by atoms with Crippen LogP contribution < -0.4 is 15.8 Å². The summed E-state index contributed by atoms with van der Waals surface area (Å²) >= 11 is 0. The molecule has 1 aliphatic rings. The Kier molecular flexibility index (Phi) is 6.69. The molecule has 2 heterocycles. The number of likely N-dealkylation sites (tertiary alicyclic amines) is 1. The summed E-state index contributed by atoms with van der Waals surface area (Å²) in [4.78, 5) is 41.2. The van der Waals surface area contributed by atoms with E-state index in [0.717, 1.165) is 37.2 Å². The zero-order valence-corrected chi connectivity index (χ0v) is 17.1. The van der Waals surface area contributed by atoms with Crippen LogP contribution in [-0.2, 0) is 17.8 Å². The molecular weight excluding hydrogens is 368 g/mol. The Morgan fingerprint density at radius 3 is 2.41 bits per heavy atom. The van der Waals surface area contributed by atoms with Crippen LogP contribution in [0.25, 0.3) is 0 Å². The quantitative estimate of drug-likeness (QED) is 0.770. The number of hydrogen-bond donors (Lipinski definition) is 1. The van der Waals surface area contributed by atoms with Gasteiger partial charge >= 0.3 is 0 Å². The maximum absolute atomic E-state index is 12.6. The maximum atomic E-state index is 12.6. The van der Waals surface area contributed by atoms with Crippen molar-refractivity contribution in [3.63, 3.8) is 0 Å². The first-order chi connectivity index (χ1) is 14.0. The third-order valence-corrected chi connectivity index (χ3v) is 5.18. The van der Waals surface area contributed by atoms with Gasteiger partial charge in [0.1, 0.15) is 12.1 Å².